The number of hydrogen-bond donors (Lipinski definition) is 1. The van der Waals surface area contributed by atoms with Gasteiger partial charge in [-0.3, -0.25) is 14.5 Å². The summed E-state index contributed by atoms with van der Waals surface area (Å²) in [5.74, 6) is 1.20. The second-order valence-corrected chi connectivity index (χ2v) is 7.02. The van der Waals surface area contributed by atoms with Crippen LogP contribution in [-0.4, -0.2) is 27.8 Å². The van der Waals surface area contributed by atoms with E-state index in [1.165, 1.54) is 0 Å². The number of furan rings is 1. The molecule has 0 aliphatic carbocycles. The standard InChI is InChI=1S/C21H19ClN4O3/c1-12-20(22)13(2)26(25-12)11-17-6-7-19(29-17)21(27)24-15-8-14-4-5-16(28-3)9-18(14)23-10-15/h4-10H,11H2,1-3H3,(H,24,27). The van der Waals surface area contributed by atoms with Gasteiger partial charge in [0, 0.05) is 11.5 Å². The normalized spacial score (nSPS) is 11.0. The zero-order valence-corrected chi connectivity index (χ0v) is 16.9. The third kappa shape index (κ3) is 3.82. The molecule has 29 heavy (non-hydrogen) atoms. The number of fused-ring (bicyclic) bond motifs is 1. The minimum Gasteiger partial charge on any atom is -0.497 e. The Balaban J connectivity index is 1.49. The van der Waals surface area contributed by atoms with Crippen LogP contribution in [0.15, 0.2) is 47.0 Å². The Morgan fingerprint density at radius 1 is 1.24 bits per heavy atom. The van der Waals surface area contributed by atoms with Gasteiger partial charge in [-0.2, -0.15) is 5.10 Å². The Bertz CT molecular complexity index is 1210. The first-order chi connectivity index (χ1) is 13.9. The van der Waals surface area contributed by atoms with E-state index in [1.54, 1.807) is 30.1 Å². The zero-order valence-electron chi connectivity index (χ0n) is 16.2. The number of aryl methyl sites for hydroxylation is 1. The lowest BCUT2D eigenvalue weighted by Gasteiger charge is -2.06. The summed E-state index contributed by atoms with van der Waals surface area (Å²) < 4.78 is 12.6. The van der Waals surface area contributed by atoms with Crippen LogP contribution in [0.1, 0.15) is 27.7 Å². The van der Waals surface area contributed by atoms with E-state index in [9.17, 15) is 4.79 Å². The van der Waals surface area contributed by atoms with Crippen LogP contribution in [0, 0.1) is 13.8 Å². The van der Waals surface area contributed by atoms with Crippen LogP contribution in [0.3, 0.4) is 0 Å². The second kappa shape index (κ2) is 7.60. The quantitative estimate of drug-likeness (QED) is 0.519. The van der Waals surface area contributed by atoms with Gasteiger partial charge in [0.2, 0.25) is 0 Å². The van der Waals surface area contributed by atoms with Gasteiger partial charge < -0.3 is 14.5 Å². The minimum atomic E-state index is -0.350. The van der Waals surface area contributed by atoms with Crippen molar-refractivity contribution in [1.29, 1.82) is 0 Å². The Labute approximate surface area is 172 Å². The molecule has 0 saturated carbocycles. The molecule has 0 radical (unpaired) electrons. The summed E-state index contributed by atoms with van der Waals surface area (Å²) in [7, 11) is 1.61. The van der Waals surface area contributed by atoms with E-state index in [4.69, 9.17) is 20.8 Å². The zero-order chi connectivity index (χ0) is 20.5. The fraction of sp³-hybridized carbons (Fsp3) is 0.190. The molecule has 0 atom stereocenters. The maximum atomic E-state index is 12.5. The van der Waals surface area contributed by atoms with Gasteiger partial charge in [0.15, 0.2) is 5.76 Å². The third-order valence-corrected chi connectivity index (χ3v) is 5.18. The lowest BCUT2D eigenvalue weighted by atomic mass is 10.2. The van der Waals surface area contributed by atoms with Gasteiger partial charge in [0.25, 0.3) is 5.91 Å². The summed E-state index contributed by atoms with van der Waals surface area (Å²) in [4.78, 5) is 16.9. The lowest BCUT2D eigenvalue weighted by molar-refractivity contribution is 0.0994. The Kier molecular flexibility index (Phi) is 4.98. The van der Waals surface area contributed by atoms with E-state index >= 15 is 0 Å². The molecule has 3 heterocycles. The average Bonchev–Trinajstić information content (AvgIpc) is 3.28. The number of aromatic nitrogens is 3. The van der Waals surface area contributed by atoms with Crippen molar-refractivity contribution in [2.75, 3.05) is 12.4 Å². The van der Waals surface area contributed by atoms with Crippen LogP contribution >= 0.6 is 11.6 Å². The Morgan fingerprint density at radius 2 is 2.07 bits per heavy atom. The molecular weight excluding hydrogens is 392 g/mol. The molecule has 1 N–H and O–H groups in total. The molecule has 1 aromatic carbocycles. The molecule has 0 spiro atoms. The van der Waals surface area contributed by atoms with E-state index in [0.29, 0.717) is 23.0 Å². The summed E-state index contributed by atoms with van der Waals surface area (Å²) in [6.45, 7) is 4.13. The second-order valence-electron chi connectivity index (χ2n) is 6.65. The molecule has 4 aromatic rings. The fourth-order valence-corrected chi connectivity index (χ4v) is 3.19. The molecule has 0 saturated heterocycles. The number of nitrogens with zero attached hydrogens (tertiary/aromatic N) is 3. The average molecular weight is 411 g/mol. The van der Waals surface area contributed by atoms with Crippen LogP contribution in [0.5, 0.6) is 5.75 Å². The third-order valence-electron chi connectivity index (χ3n) is 4.63. The fourth-order valence-electron chi connectivity index (χ4n) is 3.05. The summed E-state index contributed by atoms with van der Waals surface area (Å²) in [5, 5.41) is 8.71. The van der Waals surface area contributed by atoms with Crippen molar-refractivity contribution in [2.24, 2.45) is 0 Å². The number of carbonyl (C=O) groups is 1. The Hall–Kier alpha value is -3.32. The number of pyridine rings is 1. The highest BCUT2D eigenvalue weighted by Crippen LogP contribution is 2.23. The largest absolute Gasteiger partial charge is 0.497 e. The van der Waals surface area contributed by atoms with Crippen LogP contribution in [0.4, 0.5) is 5.69 Å². The van der Waals surface area contributed by atoms with Crippen LogP contribution in [0.2, 0.25) is 5.02 Å². The van der Waals surface area contributed by atoms with E-state index < -0.39 is 0 Å². The van der Waals surface area contributed by atoms with Crippen molar-refractivity contribution < 1.29 is 13.9 Å². The monoisotopic (exact) mass is 410 g/mol. The van der Waals surface area contributed by atoms with Crippen LogP contribution in [-0.2, 0) is 6.54 Å². The minimum absolute atomic E-state index is 0.211. The number of benzene rings is 1. The van der Waals surface area contributed by atoms with Crippen LogP contribution in [0.25, 0.3) is 10.9 Å². The van der Waals surface area contributed by atoms with Crippen molar-refractivity contribution in [3.63, 3.8) is 0 Å². The number of halogens is 1. The summed E-state index contributed by atoms with van der Waals surface area (Å²) in [5.41, 5.74) is 2.97. The number of carbonyl (C=O) groups excluding carboxylic acids is 1. The molecule has 0 bridgehead atoms. The predicted molar refractivity (Wildman–Crippen MR) is 111 cm³/mol. The SMILES string of the molecule is COc1ccc2cc(NC(=O)c3ccc(Cn4nc(C)c(Cl)c4C)o3)cnc2c1. The molecule has 1 amide bonds. The van der Waals surface area contributed by atoms with Gasteiger partial charge in [-0.15, -0.1) is 0 Å². The number of anilines is 1. The highest BCUT2D eigenvalue weighted by molar-refractivity contribution is 6.31. The number of nitrogens with one attached hydrogen (secondary N) is 1. The molecule has 148 valence electrons. The molecule has 0 aliphatic rings. The first-order valence-electron chi connectivity index (χ1n) is 8.98. The molecule has 0 unspecified atom stereocenters. The van der Waals surface area contributed by atoms with Crippen molar-refractivity contribution in [3.05, 3.63) is 70.5 Å². The summed E-state index contributed by atoms with van der Waals surface area (Å²) >= 11 is 6.18. The van der Waals surface area contributed by atoms with Gasteiger partial charge >= 0.3 is 0 Å². The van der Waals surface area contributed by atoms with Gasteiger partial charge in [-0.25, -0.2) is 0 Å². The topological polar surface area (TPSA) is 82.2 Å². The van der Waals surface area contributed by atoms with E-state index in [-0.39, 0.29) is 11.7 Å². The number of ether oxygens (including phenoxy) is 1. The molecule has 0 aliphatic heterocycles. The predicted octanol–water partition coefficient (Wildman–Crippen LogP) is 4.60. The number of hydrogen-bond acceptors (Lipinski definition) is 5. The number of amides is 1. The molecule has 0 fully saturated rings. The van der Waals surface area contributed by atoms with Crippen LogP contribution < -0.4 is 10.1 Å². The van der Waals surface area contributed by atoms with Gasteiger partial charge in [0.05, 0.1) is 47.5 Å². The molecule has 8 heteroatoms. The number of methoxy groups -OCH3 is 1. The summed E-state index contributed by atoms with van der Waals surface area (Å²) in [6, 6.07) is 10.8. The summed E-state index contributed by atoms with van der Waals surface area (Å²) in [6.07, 6.45) is 1.60. The van der Waals surface area contributed by atoms with Crippen molar-refractivity contribution in [1.82, 2.24) is 14.8 Å². The highest BCUT2D eigenvalue weighted by Gasteiger charge is 2.15. The lowest BCUT2D eigenvalue weighted by Crippen LogP contribution is -2.11. The molecule has 3 aromatic heterocycles. The van der Waals surface area contributed by atoms with Crippen molar-refractivity contribution in [2.45, 2.75) is 20.4 Å². The van der Waals surface area contributed by atoms with Gasteiger partial charge in [-0.1, -0.05) is 11.6 Å². The van der Waals surface area contributed by atoms with Gasteiger partial charge in [0.1, 0.15) is 11.5 Å². The van der Waals surface area contributed by atoms with Gasteiger partial charge in [-0.05, 0) is 44.2 Å². The van der Waals surface area contributed by atoms with E-state index in [0.717, 1.165) is 28.0 Å². The van der Waals surface area contributed by atoms with E-state index in [1.807, 2.05) is 38.1 Å². The first-order valence-corrected chi connectivity index (χ1v) is 9.36. The smallest absolute Gasteiger partial charge is 0.291 e. The highest BCUT2D eigenvalue weighted by atomic mass is 35.5. The Morgan fingerprint density at radius 3 is 2.79 bits per heavy atom. The molecule has 7 nitrogen and oxygen atoms in total. The maximum Gasteiger partial charge on any atom is 0.291 e. The van der Waals surface area contributed by atoms with E-state index in [2.05, 4.69) is 15.4 Å². The molecular formula is C21H19ClN4O3. The van der Waals surface area contributed by atoms with Crippen molar-refractivity contribution >= 4 is 34.1 Å². The number of rotatable bonds is 5. The molecule has 4 rings (SSSR count). The first kappa shape index (κ1) is 19.0. The van der Waals surface area contributed by atoms with Crippen molar-refractivity contribution in [3.8, 4) is 5.75 Å². The maximum absolute atomic E-state index is 12.5.